The summed E-state index contributed by atoms with van der Waals surface area (Å²) < 4.78 is 5.37. The Kier molecular flexibility index (Phi) is 5.87. The Morgan fingerprint density at radius 1 is 1.29 bits per heavy atom. The smallest absolute Gasteiger partial charge is 0.236 e. The molecule has 6 nitrogen and oxygen atoms in total. The normalized spacial score (nSPS) is 19.5. The third-order valence-corrected chi connectivity index (χ3v) is 6.08. The number of hydrogen-bond acceptors (Lipinski definition) is 6. The highest BCUT2D eigenvalue weighted by molar-refractivity contribution is 7.16. The number of amides is 1. The second-order valence-electron chi connectivity index (χ2n) is 6.78. The van der Waals surface area contributed by atoms with Crippen LogP contribution < -0.4 is 5.32 Å². The minimum Gasteiger partial charge on any atom is -0.379 e. The van der Waals surface area contributed by atoms with Gasteiger partial charge in [0.05, 0.1) is 18.8 Å². The predicted octanol–water partition coefficient (Wildman–Crippen LogP) is 3.06. The number of Topliss-reactive ketones (excluding diaryl/α,β-unsaturated/α-hetero) is 1. The van der Waals surface area contributed by atoms with E-state index in [1.54, 1.807) is 12.1 Å². The molecule has 1 aromatic carbocycles. The van der Waals surface area contributed by atoms with E-state index in [-0.39, 0.29) is 11.7 Å². The molecule has 146 valence electrons. The number of nitrogens with zero attached hydrogens (tertiary/aromatic N) is 2. The summed E-state index contributed by atoms with van der Waals surface area (Å²) in [6.45, 7) is 4.35. The molecule has 1 aromatic heterocycles. The maximum atomic E-state index is 12.8. The summed E-state index contributed by atoms with van der Waals surface area (Å²) >= 11 is 7.38. The van der Waals surface area contributed by atoms with E-state index in [1.165, 1.54) is 17.6 Å². The zero-order chi connectivity index (χ0) is 19.5. The molecule has 1 N–H and O–H groups in total. The Hall–Kier alpha value is -2.06. The Morgan fingerprint density at radius 3 is 2.79 bits per heavy atom. The van der Waals surface area contributed by atoms with E-state index in [4.69, 9.17) is 16.3 Å². The van der Waals surface area contributed by atoms with Crippen LogP contribution in [-0.2, 0) is 22.6 Å². The van der Waals surface area contributed by atoms with Crippen LogP contribution in [0.1, 0.15) is 20.8 Å². The molecule has 4 rings (SSSR count). The number of fused-ring (bicyclic) bond motifs is 1. The molecule has 1 unspecified atom stereocenters. The van der Waals surface area contributed by atoms with Crippen LogP contribution in [0.5, 0.6) is 0 Å². The number of ether oxygens (including phenoxy) is 1. The summed E-state index contributed by atoms with van der Waals surface area (Å²) in [5, 5.41) is 4.14. The number of morpholine rings is 1. The van der Waals surface area contributed by atoms with Crippen molar-refractivity contribution in [3.63, 3.8) is 0 Å². The van der Waals surface area contributed by atoms with Crippen LogP contribution in [-0.4, -0.2) is 49.1 Å². The lowest BCUT2D eigenvalue weighted by molar-refractivity contribution is -0.122. The number of nitrogens with one attached hydrogen (secondary N) is 1. The van der Waals surface area contributed by atoms with E-state index >= 15 is 0 Å². The number of rotatable bonds is 5. The van der Waals surface area contributed by atoms with Gasteiger partial charge < -0.3 is 10.1 Å². The van der Waals surface area contributed by atoms with Crippen LogP contribution in [0.2, 0.25) is 5.02 Å². The van der Waals surface area contributed by atoms with Gasteiger partial charge in [-0.1, -0.05) is 23.7 Å². The fourth-order valence-corrected chi connectivity index (χ4v) is 4.41. The van der Waals surface area contributed by atoms with Crippen LogP contribution in [0.15, 0.2) is 35.3 Å². The maximum Gasteiger partial charge on any atom is 0.236 e. The third kappa shape index (κ3) is 4.33. The predicted molar refractivity (Wildman–Crippen MR) is 110 cm³/mol. The van der Waals surface area contributed by atoms with Crippen LogP contribution in [0.3, 0.4) is 0 Å². The number of benzene rings is 1. The van der Waals surface area contributed by atoms with Gasteiger partial charge >= 0.3 is 0 Å². The van der Waals surface area contributed by atoms with Gasteiger partial charge in [-0.25, -0.2) is 4.99 Å². The van der Waals surface area contributed by atoms with Crippen LogP contribution in [0.4, 0.5) is 5.00 Å². The molecule has 1 amide bonds. The minimum absolute atomic E-state index is 0.192. The summed E-state index contributed by atoms with van der Waals surface area (Å²) in [5.74, 6) is -1.41. The summed E-state index contributed by atoms with van der Waals surface area (Å²) in [6.07, 6.45) is 1.46. The summed E-state index contributed by atoms with van der Waals surface area (Å²) in [7, 11) is 0. The monoisotopic (exact) mass is 417 g/mol. The van der Waals surface area contributed by atoms with E-state index < -0.39 is 5.92 Å². The fourth-order valence-electron chi connectivity index (χ4n) is 3.23. The molecule has 2 aliphatic heterocycles. The van der Waals surface area contributed by atoms with Crippen LogP contribution in [0, 0.1) is 5.92 Å². The van der Waals surface area contributed by atoms with E-state index in [1.807, 2.05) is 18.2 Å². The molecule has 8 heteroatoms. The standard InChI is InChI=1S/C20H20ClN3O3S/c21-14-3-1-13(2-4-14)10-22-19(26)17-11-23-20-16(18(17)25)9-15(28-20)12-24-5-7-27-8-6-24/h1-4,9,11,17H,5-8,10,12H2,(H,22,26). The lowest BCUT2D eigenvalue weighted by atomic mass is 9.97. The molecule has 0 bridgehead atoms. The number of carbonyl (C=O) groups excluding carboxylic acids is 2. The average molecular weight is 418 g/mol. The molecule has 1 fully saturated rings. The molecule has 0 radical (unpaired) electrons. The van der Waals surface area contributed by atoms with E-state index in [0.29, 0.717) is 22.1 Å². The van der Waals surface area contributed by atoms with Gasteiger partial charge in [-0.05, 0) is 23.8 Å². The van der Waals surface area contributed by atoms with E-state index in [9.17, 15) is 9.59 Å². The Bertz CT molecular complexity index is 904. The van der Waals surface area contributed by atoms with E-state index in [2.05, 4.69) is 15.2 Å². The van der Waals surface area contributed by atoms with Gasteiger partial charge in [0, 0.05) is 42.3 Å². The summed E-state index contributed by atoms with van der Waals surface area (Å²) in [5.41, 5.74) is 1.46. The Balaban J connectivity index is 1.39. The average Bonchev–Trinajstić information content (AvgIpc) is 3.12. The second-order valence-corrected chi connectivity index (χ2v) is 8.34. The second kappa shape index (κ2) is 8.53. The maximum absolute atomic E-state index is 12.8. The Morgan fingerprint density at radius 2 is 2.04 bits per heavy atom. The van der Waals surface area contributed by atoms with Gasteiger partial charge in [0.1, 0.15) is 10.9 Å². The zero-order valence-corrected chi connectivity index (χ0v) is 16.8. The van der Waals surface area contributed by atoms with Gasteiger partial charge in [-0.2, -0.15) is 0 Å². The van der Waals surface area contributed by atoms with Crippen molar-refractivity contribution < 1.29 is 14.3 Å². The number of aliphatic imine (C=N–C) groups is 1. The molecule has 1 atom stereocenters. The highest BCUT2D eigenvalue weighted by Gasteiger charge is 2.32. The van der Waals surface area contributed by atoms with Crippen molar-refractivity contribution in [3.8, 4) is 0 Å². The minimum atomic E-state index is -0.884. The quantitative estimate of drug-likeness (QED) is 0.759. The number of thiophene rings is 1. The molecule has 1 saturated heterocycles. The SMILES string of the molecule is O=C(NCc1ccc(Cl)cc1)C1C=Nc2sc(CN3CCOCC3)cc2C1=O. The lowest BCUT2D eigenvalue weighted by Gasteiger charge is -2.25. The van der Waals surface area contributed by atoms with Crippen molar-refractivity contribution in [2.24, 2.45) is 10.9 Å². The van der Waals surface area contributed by atoms with Crippen molar-refractivity contribution in [3.05, 3.63) is 51.4 Å². The van der Waals surface area contributed by atoms with Crippen molar-refractivity contribution in [2.45, 2.75) is 13.1 Å². The summed E-state index contributed by atoms with van der Waals surface area (Å²) in [6, 6.07) is 9.10. The van der Waals surface area contributed by atoms with Crippen LogP contribution in [0.25, 0.3) is 0 Å². The molecule has 0 aliphatic carbocycles. The fraction of sp³-hybridized carbons (Fsp3) is 0.350. The zero-order valence-electron chi connectivity index (χ0n) is 15.2. The first-order valence-corrected chi connectivity index (χ1v) is 10.3. The molecule has 2 aliphatic rings. The highest BCUT2D eigenvalue weighted by atomic mass is 35.5. The first-order chi connectivity index (χ1) is 13.6. The van der Waals surface area contributed by atoms with Crippen molar-refractivity contribution in [1.29, 1.82) is 0 Å². The number of hydrogen-bond donors (Lipinski definition) is 1. The molecule has 28 heavy (non-hydrogen) atoms. The Labute approximate surface area is 172 Å². The molecule has 0 saturated carbocycles. The van der Waals surface area contributed by atoms with Gasteiger partial charge in [0.15, 0.2) is 5.78 Å². The topological polar surface area (TPSA) is 71.0 Å². The molecular formula is C20H20ClN3O3S. The van der Waals surface area contributed by atoms with Crippen molar-refractivity contribution in [2.75, 3.05) is 26.3 Å². The molecule has 2 aromatic rings. The van der Waals surface area contributed by atoms with Gasteiger partial charge in [-0.15, -0.1) is 11.3 Å². The third-order valence-electron chi connectivity index (χ3n) is 4.80. The largest absolute Gasteiger partial charge is 0.379 e. The molecular weight excluding hydrogens is 398 g/mol. The van der Waals surface area contributed by atoms with E-state index in [0.717, 1.165) is 43.3 Å². The lowest BCUT2D eigenvalue weighted by Crippen LogP contribution is -2.37. The van der Waals surface area contributed by atoms with Crippen molar-refractivity contribution in [1.82, 2.24) is 10.2 Å². The molecule has 3 heterocycles. The number of halogens is 1. The summed E-state index contributed by atoms with van der Waals surface area (Å²) in [4.78, 5) is 33.1. The van der Waals surface area contributed by atoms with Gasteiger partial charge in [0.2, 0.25) is 5.91 Å². The van der Waals surface area contributed by atoms with Gasteiger partial charge in [0.25, 0.3) is 0 Å². The van der Waals surface area contributed by atoms with Crippen molar-refractivity contribution >= 4 is 45.8 Å². The first-order valence-electron chi connectivity index (χ1n) is 9.13. The number of carbonyl (C=O) groups is 2. The molecule has 0 spiro atoms. The highest BCUT2D eigenvalue weighted by Crippen LogP contribution is 2.36. The first kappa shape index (κ1) is 19.3. The van der Waals surface area contributed by atoms with Crippen LogP contribution >= 0.6 is 22.9 Å². The number of ketones is 1. The van der Waals surface area contributed by atoms with Gasteiger partial charge in [-0.3, -0.25) is 14.5 Å².